The second-order valence-electron chi connectivity index (χ2n) is 2.44. The molecule has 5 N–H and O–H groups in total. The van der Waals surface area contributed by atoms with Crippen molar-refractivity contribution in [2.24, 2.45) is 0 Å². The zero-order chi connectivity index (χ0) is 9.14. The van der Waals surface area contributed by atoms with Crippen LogP contribution in [-0.4, -0.2) is 5.11 Å². The second-order valence-corrected chi connectivity index (χ2v) is 2.44. The van der Waals surface area contributed by atoms with Gasteiger partial charge in [-0.1, -0.05) is 0 Å². The molecule has 4 heteroatoms. The number of nitrogens with two attached hydrogens (primary N) is 2. The number of benzene rings is 1. The van der Waals surface area contributed by atoms with Gasteiger partial charge in [0.05, 0.1) is 23.9 Å². The zero-order valence-electron chi connectivity index (χ0n) is 6.41. The maximum atomic E-state index is 9.10. The summed E-state index contributed by atoms with van der Waals surface area (Å²) in [6.07, 6.45) is 0.157. The summed E-state index contributed by atoms with van der Waals surface area (Å²) in [5, 5.41) is 17.5. The lowest BCUT2D eigenvalue weighted by Gasteiger charge is -2.05. The summed E-state index contributed by atoms with van der Waals surface area (Å²) in [6, 6.07) is 4.73. The van der Waals surface area contributed by atoms with E-state index < -0.39 is 0 Å². The summed E-state index contributed by atoms with van der Waals surface area (Å²) in [7, 11) is 0. The number of hydrogen-bond acceptors (Lipinski definition) is 4. The van der Waals surface area contributed by atoms with E-state index in [1.54, 1.807) is 0 Å². The Bertz CT molecular complexity index is 341. The Kier molecular flexibility index (Phi) is 2.06. The second kappa shape index (κ2) is 3.01. The Hall–Kier alpha value is -1.89. The van der Waals surface area contributed by atoms with Gasteiger partial charge in [-0.15, -0.1) is 0 Å². The molecule has 4 nitrogen and oxygen atoms in total. The molecule has 0 fully saturated rings. The van der Waals surface area contributed by atoms with Gasteiger partial charge in [-0.25, -0.2) is 0 Å². The first-order chi connectivity index (χ1) is 5.65. The summed E-state index contributed by atoms with van der Waals surface area (Å²) in [6.45, 7) is 0. The van der Waals surface area contributed by atoms with Crippen molar-refractivity contribution in [3.8, 4) is 11.8 Å². The van der Waals surface area contributed by atoms with Gasteiger partial charge in [0.25, 0.3) is 0 Å². The quantitative estimate of drug-likeness (QED) is 0.417. The molecule has 1 aromatic carbocycles. The molecule has 0 aromatic heterocycles. The van der Waals surface area contributed by atoms with Gasteiger partial charge < -0.3 is 16.6 Å². The fourth-order valence-electron chi connectivity index (χ4n) is 0.952. The molecule has 0 aliphatic rings. The molecule has 0 amide bonds. The zero-order valence-corrected chi connectivity index (χ0v) is 6.41. The SMILES string of the molecule is N#CCc1cc(O)cc(N)c1N. The average Bonchev–Trinajstić information content (AvgIpc) is 2.00. The average molecular weight is 163 g/mol. The number of nitriles is 1. The van der Waals surface area contributed by atoms with Crippen LogP contribution in [0.25, 0.3) is 0 Å². The van der Waals surface area contributed by atoms with E-state index in [4.69, 9.17) is 21.8 Å². The van der Waals surface area contributed by atoms with Gasteiger partial charge in [-0.2, -0.15) is 5.26 Å². The Morgan fingerprint density at radius 3 is 2.67 bits per heavy atom. The lowest BCUT2D eigenvalue weighted by molar-refractivity contribution is 0.475. The molecule has 12 heavy (non-hydrogen) atoms. The fraction of sp³-hybridized carbons (Fsp3) is 0.125. The number of anilines is 2. The summed E-state index contributed by atoms with van der Waals surface area (Å²) < 4.78 is 0. The molecule has 0 atom stereocenters. The normalized spacial score (nSPS) is 9.25. The monoisotopic (exact) mass is 163 g/mol. The Morgan fingerprint density at radius 2 is 2.08 bits per heavy atom. The molecule has 1 rings (SSSR count). The van der Waals surface area contributed by atoms with Crippen LogP contribution in [0, 0.1) is 11.3 Å². The number of hydrogen-bond donors (Lipinski definition) is 3. The van der Waals surface area contributed by atoms with Crippen molar-refractivity contribution in [2.75, 3.05) is 11.5 Å². The molecule has 0 aliphatic heterocycles. The molecule has 62 valence electrons. The number of phenolic OH excluding ortho intramolecular Hbond substituents is 1. The van der Waals surface area contributed by atoms with Gasteiger partial charge in [0, 0.05) is 6.07 Å². The minimum atomic E-state index is 0.0342. The maximum Gasteiger partial charge on any atom is 0.118 e. The molecule has 1 aromatic rings. The van der Waals surface area contributed by atoms with Crippen LogP contribution < -0.4 is 11.5 Å². The molecular weight excluding hydrogens is 154 g/mol. The molecule has 0 unspecified atom stereocenters. The number of phenols is 1. The van der Waals surface area contributed by atoms with Gasteiger partial charge >= 0.3 is 0 Å². The van der Waals surface area contributed by atoms with Crippen molar-refractivity contribution in [1.82, 2.24) is 0 Å². The number of nitrogens with zero attached hydrogens (tertiary/aromatic N) is 1. The Morgan fingerprint density at radius 1 is 1.42 bits per heavy atom. The minimum absolute atomic E-state index is 0.0342. The van der Waals surface area contributed by atoms with Crippen LogP contribution >= 0.6 is 0 Å². The van der Waals surface area contributed by atoms with Crippen molar-refractivity contribution in [1.29, 1.82) is 5.26 Å². The van der Waals surface area contributed by atoms with Crippen LogP contribution in [-0.2, 0) is 6.42 Å². The van der Waals surface area contributed by atoms with E-state index in [0.29, 0.717) is 16.9 Å². The van der Waals surface area contributed by atoms with Crippen LogP contribution in [0.1, 0.15) is 5.56 Å². The van der Waals surface area contributed by atoms with Crippen molar-refractivity contribution in [2.45, 2.75) is 6.42 Å². The highest BCUT2D eigenvalue weighted by Gasteiger charge is 2.04. The first-order valence-electron chi connectivity index (χ1n) is 3.39. The molecule has 0 heterocycles. The molecule has 0 radical (unpaired) electrons. The predicted molar refractivity (Wildman–Crippen MR) is 46.2 cm³/mol. The van der Waals surface area contributed by atoms with Crippen LogP contribution in [0.4, 0.5) is 11.4 Å². The van der Waals surface area contributed by atoms with E-state index in [0.717, 1.165) is 0 Å². The number of aromatic hydroxyl groups is 1. The van der Waals surface area contributed by atoms with E-state index in [2.05, 4.69) is 0 Å². The van der Waals surface area contributed by atoms with Crippen molar-refractivity contribution in [3.63, 3.8) is 0 Å². The largest absolute Gasteiger partial charge is 0.508 e. The first kappa shape index (κ1) is 8.21. The van der Waals surface area contributed by atoms with Crippen molar-refractivity contribution < 1.29 is 5.11 Å². The first-order valence-corrected chi connectivity index (χ1v) is 3.39. The van der Waals surface area contributed by atoms with Gasteiger partial charge in [0.15, 0.2) is 0 Å². The van der Waals surface area contributed by atoms with Gasteiger partial charge in [-0.3, -0.25) is 0 Å². The third-order valence-electron chi connectivity index (χ3n) is 1.55. The Balaban J connectivity index is 3.20. The fourth-order valence-corrected chi connectivity index (χ4v) is 0.952. The summed E-state index contributed by atoms with van der Waals surface area (Å²) in [4.78, 5) is 0. The highest BCUT2D eigenvalue weighted by atomic mass is 16.3. The highest BCUT2D eigenvalue weighted by molar-refractivity contribution is 5.70. The molecule has 0 spiro atoms. The van der Waals surface area contributed by atoms with Crippen molar-refractivity contribution >= 4 is 11.4 Å². The topological polar surface area (TPSA) is 96.1 Å². The molecule has 0 saturated heterocycles. The van der Waals surface area contributed by atoms with E-state index >= 15 is 0 Å². The maximum absolute atomic E-state index is 9.10. The van der Waals surface area contributed by atoms with Crippen molar-refractivity contribution in [3.05, 3.63) is 17.7 Å². The summed E-state index contributed by atoms with van der Waals surface area (Å²) >= 11 is 0. The third kappa shape index (κ3) is 1.40. The van der Waals surface area contributed by atoms with Crippen LogP contribution in [0.15, 0.2) is 12.1 Å². The summed E-state index contributed by atoms with van der Waals surface area (Å²) in [5.41, 5.74) is 12.2. The number of rotatable bonds is 1. The lowest BCUT2D eigenvalue weighted by atomic mass is 10.1. The minimum Gasteiger partial charge on any atom is -0.508 e. The van der Waals surface area contributed by atoms with Crippen LogP contribution in [0.3, 0.4) is 0 Å². The van der Waals surface area contributed by atoms with E-state index in [1.165, 1.54) is 12.1 Å². The standard InChI is InChI=1S/C8H9N3O/c9-2-1-5-3-6(12)4-7(10)8(5)11/h3-4,12H,1,10-11H2. The third-order valence-corrected chi connectivity index (χ3v) is 1.55. The van der Waals surface area contributed by atoms with Gasteiger partial charge in [0.2, 0.25) is 0 Å². The van der Waals surface area contributed by atoms with E-state index in [1.807, 2.05) is 6.07 Å². The van der Waals surface area contributed by atoms with Gasteiger partial charge in [0.1, 0.15) is 5.75 Å². The smallest absolute Gasteiger partial charge is 0.118 e. The van der Waals surface area contributed by atoms with Crippen LogP contribution in [0.5, 0.6) is 5.75 Å². The molecular formula is C8H9N3O. The van der Waals surface area contributed by atoms with E-state index in [-0.39, 0.29) is 12.2 Å². The highest BCUT2D eigenvalue weighted by Crippen LogP contribution is 2.25. The molecule has 0 aliphatic carbocycles. The molecule has 0 saturated carbocycles. The van der Waals surface area contributed by atoms with Crippen LogP contribution in [0.2, 0.25) is 0 Å². The molecule has 0 bridgehead atoms. The summed E-state index contributed by atoms with van der Waals surface area (Å²) in [5.74, 6) is 0.0342. The lowest BCUT2D eigenvalue weighted by Crippen LogP contribution is -1.99. The number of nitrogen functional groups attached to an aromatic ring is 2. The predicted octanol–water partition coefficient (Wildman–Crippen LogP) is 0.623. The van der Waals surface area contributed by atoms with E-state index in [9.17, 15) is 0 Å². The Labute approximate surface area is 70.0 Å². The van der Waals surface area contributed by atoms with Gasteiger partial charge in [-0.05, 0) is 11.6 Å².